The van der Waals surface area contributed by atoms with E-state index in [0.717, 1.165) is 10.4 Å². The van der Waals surface area contributed by atoms with E-state index in [-0.39, 0.29) is 25.2 Å². The van der Waals surface area contributed by atoms with Gasteiger partial charge in [-0.15, -0.1) is 11.3 Å². The minimum absolute atomic E-state index is 0.0726. The lowest BCUT2D eigenvalue weighted by Gasteiger charge is -2.29. The summed E-state index contributed by atoms with van der Waals surface area (Å²) in [4.78, 5) is 25.8. The van der Waals surface area contributed by atoms with Crippen LogP contribution in [-0.4, -0.2) is 25.2 Å². The van der Waals surface area contributed by atoms with Crippen LogP contribution in [0.5, 0.6) is 0 Å². The van der Waals surface area contributed by atoms with Crippen LogP contribution < -0.4 is 16.0 Å². The Hall–Kier alpha value is -2.35. The summed E-state index contributed by atoms with van der Waals surface area (Å²) < 4.78 is 5.25. The third-order valence-corrected chi connectivity index (χ3v) is 5.71. The number of ether oxygens (including phenoxy) is 1. The van der Waals surface area contributed by atoms with Gasteiger partial charge in [0, 0.05) is 28.2 Å². The molecule has 0 spiro atoms. The van der Waals surface area contributed by atoms with Gasteiger partial charge in [0.15, 0.2) is 0 Å². The Morgan fingerprint density at radius 2 is 2.11 bits per heavy atom. The Labute approximate surface area is 172 Å². The van der Waals surface area contributed by atoms with Gasteiger partial charge in [-0.3, -0.25) is 0 Å². The molecule has 0 fully saturated rings. The summed E-state index contributed by atoms with van der Waals surface area (Å²) in [6.07, 6.45) is 0. The van der Waals surface area contributed by atoms with Gasteiger partial charge in [0.2, 0.25) is 0 Å². The maximum atomic E-state index is 12.7. The summed E-state index contributed by atoms with van der Waals surface area (Å²) in [7, 11) is 0. The number of urea groups is 1. The van der Waals surface area contributed by atoms with Crippen molar-refractivity contribution in [2.45, 2.75) is 25.9 Å². The summed E-state index contributed by atoms with van der Waals surface area (Å²) in [5.74, 6) is -0.449. The van der Waals surface area contributed by atoms with Crippen LogP contribution in [0.25, 0.3) is 0 Å². The molecule has 3 N–H and O–H groups in total. The smallest absolute Gasteiger partial charge is 0.338 e. The fraction of sp³-hybridized carbons (Fsp3) is 0.300. The average molecular weight is 420 g/mol. The lowest BCUT2D eigenvalue weighted by molar-refractivity contribution is -0.139. The van der Waals surface area contributed by atoms with Crippen molar-refractivity contribution in [1.29, 1.82) is 0 Å². The van der Waals surface area contributed by atoms with E-state index in [0.29, 0.717) is 16.3 Å². The first-order valence-electron chi connectivity index (χ1n) is 9.00. The SMILES string of the molecule is CCOC(=O)C1=C(CN[C@@H](C)c2ccccc2Cl)NC(=O)N[C@@H]1c1cccs1. The number of halogens is 1. The number of carbonyl (C=O) groups is 2. The number of carbonyl (C=O) groups excluding carboxylic acids is 2. The highest BCUT2D eigenvalue weighted by molar-refractivity contribution is 7.10. The van der Waals surface area contributed by atoms with E-state index in [1.807, 2.05) is 48.7 Å². The number of rotatable bonds is 7. The van der Waals surface area contributed by atoms with E-state index in [1.54, 1.807) is 6.92 Å². The molecule has 148 valence electrons. The molecule has 0 aliphatic carbocycles. The molecule has 0 saturated carbocycles. The minimum atomic E-state index is -0.541. The van der Waals surface area contributed by atoms with Crippen LogP contribution in [0.2, 0.25) is 5.02 Å². The first-order chi connectivity index (χ1) is 13.5. The largest absolute Gasteiger partial charge is 0.463 e. The quantitative estimate of drug-likeness (QED) is 0.594. The molecule has 6 nitrogen and oxygen atoms in total. The fourth-order valence-electron chi connectivity index (χ4n) is 3.07. The van der Waals surface area contributed by atoms with E-state index in [2.05, 4.69) is 16.0 Å². The molecule has 2 heterocycles. The third kappa shape index (κ3) is 4.55. The summed E-state index contributed by atoms with van der Waals surface area (Å²) in [5.41, 5.74) is 1.85. The Morgan fingerprint density at radius 1 is 1.32 bits per heavy atom. The maximum absolute atomic E-state index is 12.7. The third-order valence-electron chi connectivity index (χ3n) is 4.43. The van der Waals surface area contributed by atoms with Crippen LogP contribution >= 0.6 is 22.9 Å². The minimum Gasteiger partial charge on any atom is -0.463 e. The number of amides is 2. The molecule has 0 radical (unpaired) electrons. The summed E-state index contributed by atoms with van der Waals surface area (Å²) in [5, 5.41) is 11.5. The second-order valence-corrected chi connectivity index (χ2v) is 7.67. The predicted molar refractivity (Wildman–Crippen MR) is 110 cm³/mol. The van der Waals surface area contributed by atoms with Crippen molar-refractivity contribution >= 4 is 34.9 Å². The molecule has 1 aliphatic heterocycles. The van der Waals surface area contributed by atoms with Crippen molar-refractivity contribution < 1.29 is 14.3 Å². The average Bonchev–Trinajstić information content (AvgIpc) is 3.20. The zero-order valence-corrected chi connectivity index (χ0v) is 17.2. The van der Waals surface area contributed by atoms with Gasteiger partial charge in [-0.1, -0.05) is 35.9 Å². The summed E-state index contributed by atoms with van der Waals surface area (Å²) >= 11 is 7.74. The van der Waals surface area contributed by atoms with Crippen LogP contribution in [-0.2, 0) is 9.53 Å². The molecule has 1 aromatic carbocycles. The molecule has 8 heteroatoms. The summed E-state index contributed by atoms with van der Waals surface area (Å²) in [6.45, 7) is 4.27. The topological polar surface area (TPSA) is 79.5 Å². The van der Waals surface area contributed by atoms with Crippen LogP contribution in [0.4, 0.5) is 4.79 Å². The van der Waals surface area contributed by atoms with Gasteiger partial charge in [0.25, 0.3) is 0 Å². The molecule has 28 heavy (non-hydrogen) atoms. The zero-order valence-electron chi connectivity index (χ0n) is 15.6. The van der Waals surface area contributed by atoms with Crippen molar-refractivity contribution in [3.8, 4) is 0 Å². The molecular formula is C20H22ClN3O3S. The van der Waals surface area contributed by atoms with Gasteiger partial charge in [0.1, 0.15) is 0 Å². The van der Waals surface area contributed by atoms with Crippen molar-refractivity contribution in [1.82, 2.24) is 16.0 Å². The first-order valence-corrected chi connectivity index (χ1v) is 10.3. The van der Waals surface area contributed by atoms with Gasteiger partial charge >= 0.3 is 12.0 Å². The number of esters is 1. The second kappa shape index (κ2) is 9.23. The number of thiophene rings is 1. The molecule has 1 aromatic heterocycles. The first kappa shape index (κ1) is 20.4. The van der Waals surface area contributed by atoms with Crippen LogP contribution in [0.3, 0.4) is 0 Å². The number of nitrogens with one attached hydrogen (secondary N) is 3. The molecule has 3 rings (SSSR count). The van der Waals surface area contributed by atoms with Gasteiger partial charge in [-0.05, 0) is 36.9 Å². The van der Waals surface area contributed by atoms with Crippen LogP contribution in [0.15, 0.2) is 53.0 Å². The zero-order chi connectivity index (χ0) is 20.1. The highest BCUT2D eigenvalue weighted by Gasteiger charge is 2.34. The predicted octanol–water partition coefficient (Wildman–Crippen LogP) is 3.92. The molecule has 0 unspecified atom stereocenters. The van der Waals surface area contributed by atoms with E-state index < -0.39 is 12.0 Å². The molecule has 2 amide bonds. The Kier molecular flexibility index (Phi) is 6.72. The molecular weight excluding hydrogens is 398 g/mol. The lowest BCUT2D eigenvalue weighted by atomic mass is 10.0. The maximum Gasteiger partial charge on any atom is 0.338 e. The highest BCUT2D eigenvalue weighted by atomic mass is 35.5. The molecule has 2 aromatic rings. The van der Waals surface area contributed by atoms with Gasteiger partial charge in [-0.2, -0.15) is 0 Å². The molecule has 0 saturated heterocycles. The Morgan fingerprint density at radius 3 is 2.79 bits per heavy atom. The Balaban J connectivity index is 1.89. The molecule has 0 bridgehead atoms. The summed E-state index contributed by atoms with van der Waals surface area (Å²) in [6, 6.07) is 10.4. The van der Waals surface area contributed by atoms with Crippen molar-refractivity contribution in [3.63, 3.8) is 0 Å². The van der Waals surface area contributed by atoms with Crippen molar-refractivity contribution in [3.05, 3.63) is 68.5 Å². The number of hydrogen-bond donors (Lipinski definition) is 3. The lowest BCUT2D eigenvalue weighted by Crippen LogP contribution is -2.48. The molecule has 2 atom stereocenters. The molecule has 1 aliphatic rings. The van der Waals surface area contributed by atoms with E-state index >= 15 is 0 Å². The van der Waals surface area contributed by atoms with Crippen LogP contribution in [0, 0.1) is 0 Å². The van der Waals surface area contributed by atoms with E-state index in [9.17, 15) is 9.59 Å². The monoisotopic (exact) mass is 419 g/mol. The van der Waals surface area contributed by atoms with E-state index in [1.165, 1.54) is 11.3 Å². The number of benzene rings is 1. The van der Waals surface area contributed by atoms with Crippen molar-refractivity contribution in [2.75, 3.05) is 13.2 Å². The van der Waals surface area contributed by atoms with Crippen molar-refractivity contribution in [2.24, 2.45) is 0 Å². The number of hydrogen-bond acceptors (Lipinski definition) is 5. The normalized spacial score (nSPS) is 17.7. The van der Waals surface area contributed by atoms with Gasteiger partial charge in [-0.25, -0.2) is 9.59 Å². The Bertz CT molecular complexity index is 883. The van der Waals surface area contributed by atoms with Gasteiger partial charge in [0.05, 0.1) is 18.2 Å². The fourth-order valence-corrected chi connectivity index (χ4v) is 4.15. The van der Waals surface area contributed by atoms with Crippen LogP contribution in [0.1, 0.15) is 36.4 Å². The standard InChI is InChI=1S/C20H22ClN3O3S/c1-3-27-19(25)17-15(11-22-12(2)13-7-4-5-8-14(13)21)23-20(26)24-18(17)16-9-6-10-28-16/h4-10,12,18,22H,3,11H2,1-2H3,(H2,23,24,26)/t12-,18+/m0/s1. The van der Waals surface area contributed by atoms with E-state index in [4.69, 9.17) is 16.3 Å². The highest BCUT2D eigenvalue weighted by Crippen LogP contribution is 2.31. The van der Waals surface area contributed by atoms with Gasteiger partial charge < -0.3 is 20.7 Å². The second-order valence-electron chi connectivity index (χ2n) is 6.28.